The van der Waals surface area contributed by atoms with Gasteiger partial charge >= 0.3 is 6.03 Å². The number of carbonyl (C=O) groups is 1. The molecular weight excluding hydrogens is 386 g/mol. The summed E-state index contributed by atoms with van der Waals surface area (Å²) in [4.78, 5) is 23.3. The lowest BCUT2D eigenvalue weighted by Crippen LogP contribution is -2.44. The Morgan fingerprint density at radius 1 is 1.30 bits per heavy atom. The van der Waals surface area contributed by atoms with Crippen LogP contribution in [-0.2, 0) is 11.3 Å². The van der Waals surface area contributed by atoms with E-state index >= 15 is 0 Å². The van der Waals surface area contributed by atoms with E-state index in [1.165, 1.54) is 0 Å². The molecule has 2 aromatic heterocycles. The first-order valence-corrected chi connectivity index (χ1v) is 9.88. The number of amides is 2. The third-order valence-electron chi connectivity index (χ3n) is 5.06. The Morgan fingerprint density at radius 3 is 2.80 bits per heavy atom. The second kappa shape index (κ2) is 8.64. The molecule has 0 radical (unpaired) electrons. The van der Waals surface area contributed by atoms with Gasteiger partial charge < -0.3 is 25.4 Å². The Bertz CT molecular complexity index is 1030. The minimum absolute atomic E-state index is 0.0285. The molecule has 1 saturated heterocycles. The number of nitrogens with zero attached hydrogens (tertiary/aromatic N) is 5. The van der Waals surface area contributed by atoms with Crippen molar-refractivity contribution in [2.45, 2.75) is 19.5 Å². The summed E-state index contributed by atoms with van der Waals surface area (Å²) in [5.41, 5.74) is 3.00. The highest BCUT2D eigenvalue weighted by atomic mass is 16.5. The van der Waals surface area contributed by atoms with E-state index in [9.17, 15) is 9.90 Å². The summed E-state index contributed by atoms with van der Waals surface area (Å²) in [6.07, 6.45) is 1.73. The smallest absolute Gasteiger partial charge is 0.318 e. The van der Waals surface area contributed by atoms with Gasteiger partial charge in [0.1, 0.15) is 0 Å². The van der Waals surface area contributed by atoms with E-state index < -0.39 is 0 Å². The maximum atomic E-state index is 11.5. The topological polar surface area (TPSA) is 117 Å². The molecule has 1 aromatic carbocycles. The minimum atomic E-state index is -0.277. The number of urea groups is 1. The van der Waals surface area contributed by atoms with E-state index in [0.29, 0.717) is 43.6 Å². The molecule has 0 spiro atoms. The van der Waals surface area contributed by atoms with Gasteiger partial charge in [0, 0.05) is 24.8 Å². The van der Waals surface area contributed by atoms with Crippen molar-refractivity contribution in [3.8, 4) is 11.3 Å². The fraction of sp³-hybridized carbons (Fsp3) is 0.400. The van der Waals surface area contributed by atoms with Crippen molar-refractivity contribution < 1.29 is 14.6 Å². The molecule has 0 bridgehead atoms. The van der Waals surface area contributed by atoms with E-state index in [4.69, 9.17) is 14.7 Å². The molecular formula is C20H25N7O3. The number of aliphatic hydroxyl groups excluding tert-OH is 1. The van der Waals surface area contributed by atoms with Crippen LogP contribution in [0.15, 0.2) is 30.5 Å². The average molecular weight is 411 g/mol. The van der Waals surface area contributed by atoms with Crippen LogP contribution in [0.1, 0.15) is 6.92 Å². The van der Waals surface area contributed by atoms with E-state index in [1.807, 2.05) is 24.3 Å². The Kier molecular flexibility index (Phi) is 5.77. The van der Waals surface area contributed by atoms with Crippen molar-refractivity contribution in [3.63, 3.8) is 0 Å². The van der Waals surface area contributed by atoms with Gasteiger partial charge in [-0.1, -0.05) is 12.1 Å². The summed E-state index contributed by atoms with van der Waals surface area (Å²) in [6, 6.07) is 7.34. The molecule has 0 saturated carbocycles. The zero-order valence-corrected chi connectivity index (χ0v) is 17.0. The number of benzene rings is 1. The predicted octanol–water partition coefficient (Wildman–Crippen LogP) is 1.46. The second-order valence-electron chi connectivity index (χ2n) is 7.10. The average Bonchev–Trinajstić information content (AvgIpc) is 3.17. The van der Waals surface area contributed by atoms with E-state index in [1.54, 1.807) is 17.9 Å². The third-order valence-corrected chi connectivity index (χ3v) is 5.06. The highest BCUT2D eigenvalue weighted by Gasteiger charge is 2.24. The number of aromatic nitrogens is 4. The molecule has 1 aliphatic heterocycles. The molecule has 10 heteroatoms. The van der Waals surface area contributed by atoms with Crippen molar-refractivity contribution in [2.24, 2.45) is 0 Å². The summed E-state index contributed by atoms with van der Waals surface area (Å²) in [5, 5.41) is 19.9. The number of aliphatic hydroxyl groups is 1. The summed E-state index contributed by atoms with van der Waals surface area (Å²) < 4.78 is 7.24. The van der Waals surface area contributed by atoms with Crippen LogP contribution >= 0.6 is 0 Å². The van der Waals surface area contributed by atoms with Gasteiger partial charge in [-0.05, 0) is 19.1 Å². The zero-order valence-electron chi connectivity index (χ0n) is 17.0. The summed E-state index contributed by atoms with van der Waals surface area (Å²) >= 11 is 0. The fourth-order valence-corrected chi connectivity index (χ4v) is 3.48. The predicted molar refractivity (Wildman–Crippen MR) is 114 cm³/mol. The highest BCUT2D eigenvalue weighted by molar-refractivity contribution is 5.92. The fourth-order valence-electron chi connectivity index (χ4n) is 3.48. The first-order valence-electron chi connectivity index (χ1n) is 9.88. The first kappa shape index (κ1) is 20.0. The zero-order chi connectivity index (χ0) is 21.1. The van der Waals surface area contributed by atoms with Gasteiger partial charge in [0.15, 0.2) is 5.65 Å². The number of morpholine rings is 1. The van der Waals surface area contributed by atoms with Crippen LogP contribution in [0.5, 0.6) is 0 Å². The van der Waals surface area contributed by atoms with Crippen molar-refractivity contribution >= 4 is 28.7 Å². The second-order valence-corrected chi connectivity index (χ2v) is 7.10. The summed E-state index contributed by atoms with van der Waals surface area (Å²) in [6.45, 7) is 4.35. The standard InChI is InChI=1S/C20H25N7O3/c1-13-12-30-10-8-26(13)19-24-17(16-11-22-27(7-9-28)18(16)25-19)14-3-5-15(6-4-14)23-20(29)21-2/h3-6,11,13,28H,7-10,12H2,1-2H3,(H2,21,23,29)/t13-/m1/s1. The largest absolute Gasteiger partial charge is 0.394 e. The normalized spacial score (nSPS) is 16.6. The minimum Gasteiger partial charge on any atom is -0.394 e. The monoisotopic (exact) mass is 411 g/mol. The van der Waals surface area contributed by atoms with Crippen LogP contribution in [0.25, 0.3) is 22.3 Å². The van der Waals surface area contributed by atoms with Gasteiger partial charge in [0.25, 0.3) is 0 Å². The highest BCUT2D eigenvalue weighted by Crippen LogP contribution is 2.30. The molecule has 3 aromatic rings. The molecule has 3 heterocycles. The van der Waals surface area contributed by atoms with Crippen molar-refractivity contribution in [3.05, 3.63) is 30.5 Å². The van der Waals surface area contributed by atoms with Crippen LogP contribution in [0.3, 0.4) is 0 Å². The quantitative estimate of drug-likeness (QED) is 0.582. The maximum absolute atomic E-state index is 11.5. The number of nitrogens with one attached hydrogen (secondary N) is 2. The number of fused-ring (bicyclic) bond motifs is 1. The Labute approximate surface area is 173 Å². The SMILES string of the molecule is CNC(=O)Nc1ccc(-c2nc(N3CCOC[C@H]3C)nc3c2cnn3CCO)cc1. The lowest BCUT2D eigenvalue weighted by Gasteiger charge is -2.33. The molecule has 4 rings (SSSR count). The van der Waals surface area contributed by atoms with Gasteiger partial charge in [0.05, 0.1) is 49.7 Å². The Balaban J connectivity index is 1.78. The molecule has 1 atom stereocenters. The van der Waals surface area contributed by atoms with Gasteiger partial charge in [-0.25, -0.2) is 14.5 Å². The lowest BCUT2D eigenvalue weighted by molar-refractivity contribution is 0.0981. The number of hydrogen-bond donors (Lipinski definition) is 3. The van der Waals surface area contributed by atoms with Crippen molar-refractivity contribution in [2.75, 3.05) is 43.6 Å². The maximum Gasteiger partial charge on any atom is 0.318 e. The van der Waals surface area contributed by atoms with Gasteiger partial charge in [-0.2, -0.15) is 10.1 Å². The molecule has 158 valence electrons. The molecule has 3 N–H and O–H groups in total. The van der Waals surface area contributed by atoms with Crippen molar-refractivity contribution in [1.29, 1.82) is 0 Å². The summed E-state index contributed by atoms with van der Waals surface area (Å²) in [5.74, 6) is 0.612. The van der Waals surface area contributed by atoms with Crippen molar-refractivity contribution in [1.82, 2.24) is 25.1 Å². The number of carbonyl (C=O) groups excluding carboxylic acids is 1. The summed E-state index contributed by atoms with van der Waals surface area (Å²) in [7, 11) is 1.57. The Hall–Kier alpha value is -3.24. The lowest BCUT2D eigenvalue weighted by atomic mass is 10.1. The number of anilines is 2. The number of rotatable bonds is 5. The molecule has 1 fully saturated rings. The molecule has 10 nitrogen and oxygen atoms in total. The third kappa shape index (κ3) is 3.91. The number of ether oxygens (including phenoxy) is 1. The van der Waals surface area contributed by atoms with Gasteiger partial charge in [0.2, 0.25) is 5.95 Å². The molecule has 2 amide bonds. The molecule has 0 aliphatic carbocycles. The van der Waals surface area contributed by atoms with Gasteiger partial charge in [-0.15, -0.1) is 0 Å². The van der Waals surface area contributed by atoms with E-state index in [0.717, 1.165) is 16.6 Å². The van der Waals surface area contributed by atoms with Crippen LogP contribution in [0.2, 0.25) is 0 Å². The van der Waals surface area contributed by atoms with Crippen LogP contribution < -0.4 is 15.5 Å². The van der Waals surface area contributed by atoms with Crippen LogP contribution in [-0.4, -0.2) is 70.3 Å². The molecule has 30 heavy (non-hydrogen) atoms. The number of hydrogen-bond acceptors (Lipinski definition) is 7. The molecule has 1 aliphatic rings. The molecule has 0 unspecified atom stereocenters. The van der Waals surface area contributed by atoms with Crippen LogP contribution in [0.4, 0.5) is 16.4 Å². The van der Waals surface area contributed by atoms with Crippen LogP contribution in [0, 0.1) is 0 Å². The first-order chi connectivity index (χ1) is 14.6. The van der Waals surface area contributed by atoms with E-state index in [2.05, 4.69) is 27.6 Å². The van der Waals surface area contributed by atoms with E-state index in [-0.39, 0.29) is 18.7 Å². The van der Waals surface area contributed by atoms with Gasteiger partial charge in [-0.3, -0.25) is 0 Å². The Morgan fingerprint density at radius 2 is 2.10 bits per heavy atom.